The quantitative estimate of drug-likeness (QED) is 0.916. The van der Waals surface area contributed by atoms with Gasteiger partial charge in [-0.2, -0.15) is 0 Å². The Morgan fingerprint density at radius 3 is 2.33 bits per heavy atom. The fraction of sp³-hybridized carbons (Fsp3) is 0.533. The number of piperazine rings is 1. The van der Waals surface area contributed by atoms with Crippen LogP contribution in [0.25, 0.3) is 0 Å². The first kappa shape index (κ1) is 15.3. The first-order chi connectivity index (χ1) is 9.93. The lowest BCUT2D eigenvalue weighted by molar-refractivity contribution is -0.135. The molecular weight excluding hydrogens is 270 g/mol. The maximum absolute atomic E-state index is 12.0. The summed E-state index contributed by atoms with van der Waals surface area (Å²) >= 11 is 0. The molecule has 1 aliphatic rings. The third-order valence-corrected chi connectivity index (χ3v) is 3.83. The third-order valence-electron chi connectivity index (χ3n) is 3.83. The summed E-state index contributed by atoms with van der Waals surface area (Å²) in [6.45, 7) is 7.34. The van der Waals surface area contributed by atoms with Crippen molar-refractivity contribution in [2.24, 2.45) is 0 Å². The van der Waals surface area contributed by atoms with Crippen molar-refractivity contribution >= 4 is 17.7 Å². The van der Waals surface area contributed by atoms with Gasteiger partial charge in [0.15, 0.2) is 0 Å². The summed E-state index contributed by atoms with van der Waals surface area (Å²) in [5.74, 6) is -0.0553. The Hall–Kier alpha value is -2.11. The van der Waals surface area contributed by atoms with Gasteiger partial charge in [0.2, 0.25) is 5.91 Å². The van der Waals surface area contributed by atoms with Gasteiger partial charge in [-0.15, -0.1) is 0 Å². The molecule has 0 spiro atoms. The maximum atomic E-state index is 12.0. The highest BCUT2D eigenvalue weighted by Gasteiger charge is 2.32. The van der Waals surface area contributed by atoms with Gasteiger partial charge in [0.05, 0.1) is 5.56 Å². The summed E-state index contributed by atoms with van der Waals surface area (Å²) in [6, 6.07) is 3.51. The second kappa shape index (κ2) is 6.11. The van der Waals surface area contributed by atoms with Crippen LogP contribution >= 0.6 is 0 Å². The van der Waals surface area contributed by atoms with E-state index < -0.39 is 5.97 Å². The van der Waals surface area contributed by atoms with E-state index in [1.54, 1.807) is 12.1 Å². The van der Waals surface area contributed by atoms with Crippen LogP contribution < -0.4 is 4.90 Å². The molecule has 2 rings (SSSR count). The van der Waals surface area contributed by atoms with Gasteiger partial charge in [-0.25, -0.2) is 9.78 Å². The van der Waals surface area contributed by atoms with Crippen LogP contribution in [0.1, 0.15) is 37.6 Å². The largest absolute Gasteiger partial charge is 0.478 e. The van der Waals surface area contributed by atoms with Crippen molar-refractivity contribution in [2.75, 3.05) is 18.0 Å². The predicted molar refractivity (Wildman–Crippen MR) is 79.5 cm³/mol. The molecule has 2 heterocycles. The van der Waals surface area contributed by atoms with E-state index in [1.165, 1.54) is 6.20 Å². The van der Waals surface area contributed by atoms with Gasteiger partial charge in [-0.1, -0.05) is 6.92 Å². The average Bonchev–Trinajstić information content (AvgIpc) is 2.46. The SMILES string of the molecule is CCC(=O)N1[C@H](C)CN(c2ccc(C(=O)O)cn2)C[C@@H]1C. The van der Waals surface area contributed by atoms with Crippen LogP contribution in [0.5, 0.6) is 0 Å². The monoisotopic (exact) mass is 291 g/mol. The number of rotatable bonds is 3. The van der Waals surface area contributed by atoms with Gasteiger partial charge in [-0.3, -0.25) is 4.79 Å². The molecule has 114 valence electrons. The standard InChI is InChI=1S/C15H21N3O3/c1-4-14(19)18-10(2)8-17(9-11(18)3)13-6-5-12(7-16-13)15(20)21/h5-7,10-11H,4,8-9H2,1-3H3,(H,20,21)/t10-,11+. The highest BCUT2D eigenvalue weighted by Crippen LogP contribution is 2.21. The molecule has 1 N–H and O–H groups in total. The smallest absolute Gasteiger partial charge is 0.337 e. The van der Waals surface area contributed by atoms with Crippen LogP contribution in [-0.4, -0.2) is 52.0 Å². The Kier molecular flexibility index (Phi) is 4.45. The van der Waals surface area contributed by atoms with Crippen molar-refractivity contribution in [2.45, 2.75) is 39.3 Å². The number of aromatic nitrogens is 1. The zero-order chi connectivity index (χ0) is 15.6. The Morgan fingerprint density at radius 1 is 1.29 bits per heavy atom. The molecule has 0 bridgehead atoms. The molecule has 0 saturated carbocycles. The van der Waals surface area contributed by atoms with E-state index in [2.05, 4.69) is 9.88 Å². The minimum absolute atomic E-state index is 0.113. The molecule has 6 nitrogen and oxygen atoms in total. The number of hydrogen-bond acceptors (Lipinski definition) is 4. The van der Waals surface area contributed by atoms with Gasteiger partial charge in [0.1, 0.15) is 5.82 Å². The number of aromatic carboxylic acids is 1. The summed E-state index contributed by atoms with van der Waals surface area (Å²) in [4.78, 5) is 31.1. The van der Waals surface area contributed by atoms with Crippen molar-refractivity contribution < 1.29 is 14.7 Å². The summed E-state index contributed by atoms with van der Waals surface area (Å²) in [6.07, 6.45) is 1.89. The molecule has 1 amide bonds. The lowest BCUT2D eigenvalue weighted by atomic mass is 10.1. The lowest BCUT2D eigenvalue weighted by Crippen LogP contribution is -2.58. The molecule has 1 saturated heterocycles. The van der Waals surface area contributed by atoms with E-state index in [0.29, 0.717) is 19.5 Å². The maximum Gasteiger partial charge on any atom is 0.337 e. The van der Waals surface area contributed by atoms with Crippen molar-refractivity contribution in [3.63, 3.8) is 0 Å². The van der Waals surface area contributed by atoms with E-state index in [9.17, 15) is 9.59 Å². The average molecular weight is 291 g/mol. The molecule has 0 radical (unpaired) electrons. The van der Waals surface area contributed by atoms with Gasteiger partial charge in [-0.05, 0) is 26.0 Å². The zero-order valence-electron chi connectivity index (χ0n) is 12.6. The van der Waals surface area contributed by atoms with Crippen LogP contribution in [0.4, 0.5) is 5.82 Å². The molecule has 2 atom stereocenters. The summed E-state index contributed by atoms with van der Waals surface area (Å²) in [7, 11) is 0. The molecule has 0 aromatic carbocycles. The summed E-state index contributed by atoms with van der Waals surface area (Å²) in [5.41, 5.74) is 0.180. The Labute approximate surface area is 124 Å². The van der Waals surface area contributed by atoms with E-state index in [0.717, 1.165) is 5.82 Å². The summed E-state index contributed by atoms with van der Waals surface area (Å²) in [5, 5.41) is 8.90. The number of carbonyl (C=O) groups excluding carboxylic acids is 1. The number of pyridine rings is 1. The highest BCUT2D eigenvalue weighted by molar-refractivity contribution is 5.87. The van der Waals surface area contributed by atoms with Gasteiger partial charge < -0.3 is 14.9 Å². The normalized spacial score (nSPS) is 22.2. The first-order valence-corrected chi connectivity index (χ1v) is 7.19. The molecule has 1 aromatic rings. The molecular formula is C15H21N3O3. The zero-order valence-corrected chi connectivity index (χ0v) is 12.6. The van der Waals surface area contributed by atoms with E-state index in [4.69, 9.17) is 5.11 Å². The minimum atomic E-state index is -0.978. The van der Waals surface area contributed by atoms with Crippen LogP contribution in [-0.2, 0) is 4.79 Å². The second-order valence-electron chi connectivity index (χ2n) is 5.47. The molecule has 21 heavy (non-hydrogen) atoms. The Balaban J connectivity index is 2.13. The van der Waals surface area contributed by atoms with Gasteiger partial charge >= 0.3 is 5.97 Å². The molecule has 1 aliphatic heterocycles. The van der Waals surface area contributed by atoms with Crippen LogP contribution in [0.15, 0.2) is 18.3 Å². The Morgan fingerprint density at radius 2 is 1.90 bits per heavy atom. The molecule has 0 aliphatic carbocycles. The second-order valence-corrected chi connectivity index (χ2v) is 5.47. The van der Waals surface area contributed by atoms with E-state index in [1.807, 2.05) is 25.7 Å². The van der Waals surface area contributed by atoms with Crippen molar-refractivity contribution in [3.05, 3.63) is 23.9 Å². The molecule has 1 aromatic heterocycles. The van der Waals surface area contributed by atoms with E-state index in [-0.39, 0.29) is 23.6 Å². The van der Waals surface area contributed by atoms with Crippen molar-refractivity contribution in [3.8, 4) is 0 Å². The van der Waals surface area contributed by atoms with Crippen LogP contribution in [0.3, 0.4) is 0 Å². The number of carbonyl (C=O) groups is 2. The molecule has 1 fully saturated rings. The number of amides is 1. The molecule has 0 unspecified atom stereocenters. The topological polar surface area (TPSA) is 73.7 Å². The Bertz CT molecular complexity index is 517. The van der Waals surface area contributed by atoms with Gasteiger partial charge in [0, 0.05) is 37.8 Å². The van der Waals surface area contributed by atoms with Gasteiger partial charge in [0.25, 0.3) is 0 Å². The number of carboxylic acids is 1. The van der Waals surface area contributed by atoms with Crippen molar-refractivity contribution in [1.82, 2.24) is 9.88 Å². The van der Waals surface area contributed by atoms with Crippen molar-refractivity contribution in [1.29, 1.82) is 0 Å². The fourth-order valence-electron chi connectivity index (χ4n) is 2.88. The fourth-order valence-corrected chi connectivity index (χ4v) is 2.88. The van der Waals surface area contributed by atoms with E-state index >= 15 is 0 Å². The lowest BCUT2D eigenvalue weighted by Gasteiger charge is -2.45. The molecule has 6 heteroatoms. The summed E-state index contributed by atoms with van der Waals surface area (Å²) < 4.78 is 0. The minimum Gasteiger partial charge on any atom is -0.478 e. The number of carboxylic acid groups (broad SMARTS) is 1. The highest BCUT2D eigenvalue weighted by atomic mass is 16.4. The predicted octanol–water partition coefficient (Wildman–Crippen LogP) is 1.62. The first-order valence-electron chi connectivity index (χ1n) is 7.19. The van der Waals surface area contributed by atoms with Crippen LogP contribution in [0.2, 0.25) is 0 Å². The number of hydrogen-bond donors (Lipinski definition) is 1. The number of nitrogens with zero attached hydrogens (tertiary/aromatic N) is 3. The number of anilines is 1. The third kappa shape index (κ3) is 3.15. The van der Waals surface area contributed by atoms with Crippen LogP contribution in [0, 0.1) is 0 Å².